The van der Waals surface area contributed by atoms with E-state index in [2.05, 4.69) is 17.2 Å². The van der Waals surface area contributed by atoms with E-state index in [9.17, 15) is 0 Å². The highest BCUT2D eigenvalue weighted by molar-refractivity contribution is 5.48. The van der Waals surface area contributed by atoms with Gasteiger partial charge in [0.15, 0.2) is 0 Å². The Labute approximate surface area is 110 Å². The summed E-state index contributed by atoms with van der Waals surface area (Å²) in [5, 5.41) is 3.45. The summed E-state index contributed by atoms with van der Waals surface area (Å²) in [6.45, 7) is 5.31. The molecule has 0 aliphatic heterocycles. The molecule has 0 spiro atoms. The highest BCUT2D eigenvalue weighted by Gasteiger charge is 2.19. The molecule has 1 aromatic rings. The van der Waals surface area contributed by atoms with Crippen molar-refractivity contribution in [1.29, 1.82) is 0 Å². The summed E-state index contributed by atoms with van der Waals surface area (Å²) in [5.41, 5.74) is 7.45. The van der Waals surface area contributed by atoms with Crippen LogP contribution >= 0.6 is 0 Å². The van der Waals surface area contributed by atoms with E-state index in [4.69, 9.17) is 5.73 Å². The van der Waals surface area contributed by atoms with Crippen LogP contribution in [0.3, 0.4) is 0 Å². The maximum Gasteiger partial charge on any atom is 0.126 e. The molecule has 2 rings (SSSR count). The number of nitrogens with zero attached hydrogens (tertiary/aromatic N) is 1. The maximum atomic E-state index is 5.77. The third kappa shape index (κ3) is 3.37. The first-order chi connectivity index (χ1) is 8.69. The Bertz CT molecular complexity index is 381. The fourth-order valence-electron chi connectivity index (χ4n) is 2.76. The number of aryl methyl sites for hydroxylation is 1. The number of nitrogens with one attached hydrogen (secondary N) is 1. The van der Waals surface area contributed by atoms with E-state index in [0.717, 1.165) is 35.6 Å². The third-order valence-corrected chi connectivity index (χ3v) is 4.24. The molecule has 1 aliphatic carbocycles. The Hall–Kier alpha value is -1.25. The maximum absolute atomic E-state index is 5.77. The molecule has 3 heteroatoms. The van der Waals surface area contributed by atoms with E-state index in [1.165, 1.54) is 32.1 Å². The minimum absolute atomic E-state index is 0.768. The average Bonchev–Trinajstić information content (AvgIpc) is 2.41. The molecule has 0 unspecified atom stereocenters. The summed E-state index contributed by atoms with van der Waals surface area (Å²) in [7, 11) is 0. The molecule has 0 bridgehead atoms. The lowest BCUT2D eigenvalue weighted by Gasteiger charge is -2.28. The Kier molecular flexibility index (Phi) is 4.45. The van der Waals surface area contributed by atoms with Crippen LogP contribution in [0.5, 0.6) is 0 Å². The molecule has 1 aliphatic rings. The Morgan fingerprint density at radius 3 is 2.50 bits per heavy atom. The van der Waals surface area contributed by atoms with Gasteiger partial charge < -0.3 is 11.1 Å². The van der Waals surface area contributed by atoms with Crippen LogP contribution in [-0.4, -0.2) is 11.5 Å². The van der Waals surface area contributed by atoms with Gasteiger partial charge in [-0.2, -0.15) is 0 Å². The number of nitrogens with two attached hydrogens (primary N) is 1. The normalized spacial score (nSPS) is 23.9. The number of nitrogen functional groups attached to an aromatic ring is 1. The molecule has 1 heterocycles. The van der Waals surface area contributed by atoms with E-state index in [1.807, 2.05) is 19.1 Å². The average molecular weight is 247 g/mol. The topological polar surface area (TPSA) is 50.9 Å². The molecule has 0 amide bonds. The van der Waals surface area contributed by atoms with Crippen molar-refractivity contribution in [3.8, 4) is 0 Å². The van der Waals surface area contributed by atoms with Gasteiger partial charge in [-0.3, -0.25) is 0 Å². The van der Waals surface area contributed by atoms with Crippen molar-refractivity contribution >= 4 is 11.5 Å². The zero-order chi connectivity index (χ0) is 13.0. The van der Waals surface area contributed by atoms with Gasteiger partial charge in [0.05, 0.1) is 11.4 Å². The van der Waals surface area contributed by atoms with E-state index < -0.39 is 0 Å². The minimum Gasteiger partial charge on any atom is -0.397 e. The van der Waals surface area contributed by atoms with Crippen LogP contribution in [0.15, 0.2) is 12.1 Å². The minimum atomic E-state index is 0.768. The monoisotopic (exact) mass is 247 g/mol. The molecule has 1 aromatic heterocycles. The quantitative estimate of drug-likeness (QED) is 0.854. The predicted octanol–water partition coefficient (Wildman–Crippen LogP) is 3.60. The van der Waals surface area contributed by atoms with Crippen LogP contribution in [0.25, 0.3) is 0 Å². The molecule has 1 fully saturated rings. The third-order valence-electron chi connectivity index (χ3n) is 4.24. The van der Waals surface area contributed by atoms with Gasteiger partial charge in [0, 0.05) is 6.54 Å². The van der Waals surface area contributed by atoms with Crippen LogP contribution in [0.2, 0.25) is 0 Å². The number of rotatable bonds is 4. The molecule has 100 valence electrons. The molecule has 18 heavy (non-hydrogen) atoms. The second-order valence-corrected chi connectivity index (χ2v) is 5.55. The Morgan fingerprint density at radius 1 is 1.22 bits per heavy atom. The van der Waals surface area contributed by atoms with Gasteiger partial charge in [-0.05, 0) is 43.7 Å². The molecule has 0 aromatic carbocycles. The SMILES string of the molecule is CCC1CCC(CNc2ccc(N)c(C)n2)CC1. The standard InChI is InChI=1S/C15H25N3/c1-3-12-4-6-13(7-5-12)10-17-15-9-8-14(16)11(2)18-15/h8-9,12-13H,3-7,10,16H2,1-2H3,(H,17,18). The van der Waals surface area contributed by atoms with E-state index in [-0.39, 0.29) is 0 Å². The molecular weight excluding hydrogens is 222 g/mol. The first kappa shape index (κ1) is 13.2. The summed E-state index contributed by atoms with van der Waals surface area (Å²) < 4.78 is 0. The van der Waals surface area contributed by atoms with Gasteiger partial charge >= 0.3 is 0 Å². The Balaban J connectivity index is 1.79. The van der Waals surface area contributed by atoms with Crippen molar-refractivity contribution in [1.82, 2.24) is 4.98 Å². The van der Waals surface area contributed by atoms with Gasteiger partial charge in [-0.15, -0.1) is 0 Å². The number of anilines is 2. The van der Waals surface area contributed by atoms with Gasteiger partial charge in [-0.1, -0.05) is 26.2 Å². The summed E-state index contributed by atoms with van der Waals surface area (Å²) in [5.74, 6) is 2.74. The van der Waals surface area contributed by atoms with Crippen LogP contribution in [0, 0.1) is 18.8 Å². The summed E-state index contributed by atoms with van der Waals surface area (Å²) in [6, 6.07) is 3.90. The van der Waals surface area contributed by atoms with Gasteiger partial charge in [0.2, 0.25) is 0 Å². The fraction of sp³-hybridized carbons (Fsp3) is 0.667. The van der Waals surface area contributed by atoms with Crippen LogP contribution in [-0.2, 0) is 0 Å². The lowest BCUT2D eigenvalue weighted by atomic mass is 9.81. The van der Waals surface area contributed by atoms with Crippen LogP contribution in [0.1, 0.15) is 44.7 Å². The summed E-state index contributed by atoms with van der Waals surface area (Å²) >= 11 is 0. The second-order valence-electron chi connectivity index (χ2n) is 5.55. The van der Waals surface area contributed by atoms with Crippen molar-refractivity contribution < 1.29 is 0 Å². The first-order valence-electron chi connectivity index (χ1n) is 7.16. The molecule has 1 saturated carbocycles. The second kappa shape index (κ2) is 6.07. The van der Waals surface area contributed by atoms with Gasteiger partial charge in [-0.25, -0.2) is 4.98 Å². The fourth-order valence-corrected chi connectivity index (χ4v) is 2.76. The van der Waals surface area contributed by atoms with Crippen LogP contribution < -0.4 is 11.1 Å². The molecule has 0 atom stereocenters. The largest absolute Gasteiger partial charge is 0.397 e. The van der Waals surface area contributed by atoms with E-state index in [0.29, 0.717) is 0 Å². The Morgan fingerprint density at radius 2 is 1.89 bits per heavy atom. The van der Waals surface area contributed by atoms with Crippen molar-refractivity contribution in [3.05, 3.63) is 17.8 Å². The number of hydrogen-bond donors (Lipinski definition) is 2. The van der Waals surface area contributed by atoms with E-state index in [1.54, 1.807) is 0 Å². The number of hydrogen-bond acceptors (Lipinski definition) is 3. The van der Waals surface area contributed by atoms with Gasteiger partial charge in [0.25, 0.3) is 0 Å². The lowest BCUT2D eigenvalue weighted by molar-refractivity contribution is 0.278. The van der Waals surface area contributed by atoms with Crippen molar-refractivity contribution in [3.63, 3.8) is 0 Å². The zero-order valence-electron chi connectivity index (χ0n) is 11.6. The van der Waals surface area contributed by atoms with Crippen molar-refractivity contribution in [2.24, 2.45) is 11.8 Å². The summed E-state index contributed by atoms with van der Waals surface area (Å²) in [4.78, 5) is 4.45. The molecule has 0 radical (unpaired) electrons. The van der Waals surface area contributed by atoms with E-state index >= 15 is 0 Å². The smallest absolute Gasteiger partial charge is 0.126 e. The van der Waals surface area contributed by atoms with Crippen molar-refractivity contribution in [2.75, 3.05) is 17.6 Å². The number of pyridine rings is 1. The van der Waals surface area contributed by atoms with Crippen molar-refractivity contribution in [2.45, 2.75) is 46.0 Å². The van der Waals surface area contributed by atoms with Gasteiger partial charge in [0.1, 0.15) is 5.82 Å². The zero-order valence-corrected chi connectivity index (χ0v) is 11.6. The predicted molar refractivity (Wildman–Crippen MR) is 77.6 cm³/mol. The highest BCUT2D eigenvalue weighted by Crippen LogP contribution is 2.30. The molecule has 3 N–H and O–H groups in total. The highest BCUT2D eigenvalue weighted by atomic mass is 15.0. The first-order valence-corrected chi connectivity index (χ1v) is 7.16. The molecule has 0 saturated heterocycles. The molecular formula is C15H25N3. The summed E-state index contributed by atoms with van der Waals surface area (Å²) in [6.07, 6.45) is 6.87. The van der Waals surface area contributed by atoms with Crippen LogP contribution in [0.4, 0.5) is 11.5 Å². The lowest BCUT2D eigenvalue weighted by Crippen LogP contribution is -2.21. The number of aromatic nitrogens is 1. The molecule has 3 nitrogen and oxygen atoms in total.